The fourth-order valence-corrected chi connectivity index (χ4v) is 3.03. The summed E-state index contributed by atoms with van der Waals surface area (Å²) >= 11 is 0. The van der Waals surface area contributed by atoms with Crippen LogP contribution in [0.1, 0.15) is 35.6 Å². The number of rotatable bonds is 4. The molecule has 1 aliphatic heterocycles. The van der Waals surface area contributed by atoms with Gasteiger partial charge in [0.05, 0.1) is 0 Å². The molecule has 21 heavy (non-hydrogen) atoms. The van der Waals surface area contributed by atoms with Gasteiger partial charge < -0.3 is 5.32 Å². The Bertz CT molecular complexity index is 465. The molecule has 5 heteroatoms. The fraction of sp³-hybridized carbons (Fsp3) is 0.625. The highest BCUT2D eigenvalue weighted by Gasteiger charge is 2.31. The third kappa shape index (κ3) is 4.71. The molecule has 0 aromatic heterocycles. The highest BCUT2D eigenvalue weighted by atomic mass is 19.4. The van der Waals surface area contributed by atoms with Gasteiger partial charge in [-0.1, -0.05) is 23.8 Å². The number of hydrogen-bond acceptors (Lipinski definition) is 2. The molecule has 0 saturated carbocycles. The minimum Gasteiger partial charge on any atom is -0.314 e. The second-order valence-electron chi connectivity index (χ2n) is 5.82. The van der Waals surface area contributed by atoms with Crippen molar-refractivity contribution in [1.29, 1.82) is 0 Å². The van der Waals surface area contributed by atoms with Gasteiger partial charge in [0.2, 0.25) is 0 Å². The molecule has 1 aromatic rings. The van der Waals surface area contributed by atoms with Gasteiger partial charge in [0.25, 0.3) is 0 Å². The van der Waals surface area contributed by atoms with E-state index in [9.17, 15) is 13.2 Å². The number of aryl methyl sites for hydroxylation is 2. The standard InChI is InChI=1S/C16H23F3N2/c1-12-3-4-14(13(2)11-12)15(5-6-16(17,18)19)21-9-7-20-8-10-21/h3-4,11,15,20H,5-10H2,1-2H3/t15-/m1/s1. The summed E-state index contributed by atoms with van der Waals surface area (Å²) in [4.78, 5) is 2.18. The quantitative estimate of drug-likeness (QED) is 0.914. The van der Waals surface area contributed by atoms with E-state index in [0.717, 1.165) is 42.9 Å². The maximum Gasteiger partial charge on any atom is 0.389 e. The van der Waals surface area contributed by atoms with Crippen LogP contribution in [0.2, 0.25) is 0 Å². The van der Waals surface area contributed by atoms with Gasteiger partial charge in [0.1, 0.15) is 0 Å². The second-order valence-corrected chi connectivity index (χ2v) is 5.82. The molecule has 1 saturated heterocycles. The van der Waals surface area contributed by atoms with Crippen molar-refractivity contribution in [3.63, 3.8) is 0 Å². The predicted molar refractivity (Wildman–Crippen MR) is 78.4 cm³/mol. The Morgan fingerprint density at radius 1 is 1.19 bits per heavy atom. The predicted octanol–water partition coefficient (Wildman–Crippen LogP) is 3.59. The lowest BCUT2D eigenvalue weighted by Gasteiger charge is -2.36. The summed E-state index contributed by atoms with van der Waals surface area (Å²) in [5, 5.41) is 3.25. The Morgan fingerprint density at radius 2 is 1.86 bits per heavy atom. The van der Waals surface area contributed by atoms with Crippen LogP contribution in [0.5, 0.6) is 0 Å². The third-order valence-electron chi connectivity index (χ3n) is 4.08. The summed E-state index contributed by atoms with van der Waals surface area (Å²) in [6.07, 6.45) is -4.69. The van der Waals surface area contributed by atoms with Crippen molar-refractivity contribution in [3.8, 4) is 0 Å². The molecule has 0 aliphatic carbocycles. The van der Waals surface area contributed by atoms with Crippen LogP contribution in [0.4, 0.5) is 13.2 Å². The number of nitrogens with zero attached hydrogens (tertiary/aromatic N) is 1. The summed E-state index contributed by atoms with van der Waals surface area (Å²) in [5.41, 5.74) is 3.26. The van der Waals surface area contributed by atoms with Gasteiger partial charge in [-0.2, -0.15) is 13.2 Å². The van der Waals surface area contributed by atoms with E-state index in [1.165, 1.54) is 0 Å². The molecule has 0 amide bonds. The first-order chi connectivity index (χ1) is 9.87. The zero-order valence-electron chi connectivity index (χ0n) is 12.6. The number of hydrogen-bond donors (Lipinski definition) is 1. The molecule has 118 valence electrons. The highest BCUT2D eigenvalue weighted by Crippen LogP contribution is 2.33. The normalized spacial score (nSPS) is 18.7. The zero-order valence-corrected chi connectivity index (χ0v) is 12.6. The minimum absolute atomic E-state index is 0.132. The highest BCUT2D eigenvalue weighted by molar-refractivity contribution is 5.33. The average Bonchev–Trinajstić information content (AvgIpc) is 2.41. The molecule has 0 unspecified atom stereocenters. The third-order valence-corrected chi connectivity index (χ3v) is 4.08. The van der Waals surface area contributed by atoms with Gasteiger partial charge in [-0.25, -0.2) is 0 Å². The van der Waals surface area contributed by atoms with Gasteiger partial charge in [-0.15, -0.1) is 0 Å². The maximum absolute atomic E-state index is 12.6. The van der Waals surface area contributed by atoms with E-state index in [4.69, 9.17) is 0 Å². The smallest absolute Gasteiger partial charge is 0.314 e. The number of alkyl halides is 3. The topological polar surface area (TPSA) is 15.3 Å². The molecule has 1 aliphatic rings. The van der Waals surface area contributed by atoms with Crippen LogP contribution in [0.15, 0.2) is 18.2 Å². The summed E-state index contributed by atoms with van der Waals surface area (Å²) < 4.78 is 37.9. The van der Waals surface area contributed by atoms with E-state index < -0.39 is 12.6 Å². The van der Waals surface area contributed by atoms with Crippen LogP contribution in [-0.2, 0) is 0 Å². The molecule has 2 nitrogen and oxygen atoms in total. The summed E-state index contributed by atoms with van der Waals surface area (Å²) in [6.45, 7) is 7.28. The van der Waals surface area contributed by atoms with Crippen LogP contribution < -0.4 is 5.32 Å². The number of nitrogens with one attached hydrogen (secondary N) is 1. The zero-order chi connectivity index (χ0) is 15.5. The molecule has 1 atom stereocenters. The lowest BCUT2D eigenvalue weighted by Crippen LogP contribution is -2.45. The molecule has 0 bridgehead atoms. The summed E-state index contributed by atoms with van der Waals surface area (Å²) in [6, 6.07) is 5.89. The maximum atomic E-state index is 12.6. The van der Waals surface area contributed by atoms with E-state index in [-0.39, 0.29) is 12.5 Å². The van der Waals surface area contributed by atoms with Gasteiger partial charge in [-0.3, -0.25) is 4.90 Å². The Hall–Kier alpha value is -1.07. The SMILES string of the molecule is Cc1ccc([C@@H](CCC(F)(F)F)N2CCNCC2)c(C)c1. The molecule has 2 rings (SSSR count). The molecular formula is C16H23F3N2. The molecule has 1 aromatic carbocycles. The lowest BCUT2D eigenvalue weighted by atomic mass is 9.94. The molecule has 1 N–H and O–H groups in total. The Balaban J connectivity index is 2.21. The molecule has 1 fully saturated rings. The van der Waals surface area contributed by atoms with Gasteiger partial charge in [0, 0.05) is 38.6 Å². The number of piperazine rings is 1. The van der Waals surface area contributed by atoms with Crippen LogP contribution in [0.25, 0.3) is 0 Å². The van der Waals surface area contributed by atoms with Crippen molar-refractivity contribution in [2.75, 3.05) is 26.2 Å². The van der Waals surface area contributed by atoms with Crippen molar-refractivity contribution in [3.05, 3.63) is 34.9 Å². The Morgan fingerprint density at radius 3 is 2.43 bits per heavy atom. The molecular weight excluding hydrogens is 277 g/mol. The van der Waals surface area contributed by atoms with Crippen LogP contribution in [-0.4, -0.2) is 37.3 Å². The van der Waals surface area contributed by atoms with E-state index >= 15 is 0 Å². The van der Waals surface area contributed by atoms with Gasteiger partial charge in [0.15, 0.2) is 0 Å². The van der Waals surface area contributed by atoms with Crippen LogP contribution in [0, 0.1) is 13.8 Å². The average molecular weight is 300 g/mol. The van der Waals surface area contributed by atoms with Crippen molar-refractivity contribution in [2.24, 2.45) is 0 Å². The first kappa shape index (κ1) is 16.3. The van der Waals surface area contributed by atoms with Crippen molar-refractivity contribution in [2.45, 2.75) is 38.9 Å². The Labute approximate surface area is 124 Å². The van der Waals surface area contributed by atoms with Crippen LogP contribution in [0.3, 0.4) is 0 Å². The number of halogens is 3. The lowest BCUT2D eigenvalue weighted by molar-refractivity contribution is -0.138. The van der Waals surface area contributed by atoms with Crippen molar-refractivity contribution in [1.82, 2.24) is 10.2 Å². The van der Waals surface area contributed by atoms with E-state index in [1.54, 1.807) is 0 Å². The summed E-state index contributed by atoms with van der Waals surface area (Å²) in [7, 11) is 0. The largest absolute Gasteiger partial charge is 0.389 e. The molecule has 1 heterocycles. The summed E-state index contributed by atoms with van der Waals surface area (Å²) in [5.74, 6) is 0. The van der Waals surface area contributed by atoms with E-state index in [2.05, 4.69) is 16.3 Å². The first-order valence-electron chi connectivity index (χ1n) is 7.45. The first-order valence-corrected chi connectivity index (χ1v) is 7.45. The molecule has 0 spiro atoms. The van der Waals surface area contributed by atoms with Gasteiger partial charge >= 0.3 is 6.18 Å². The minimum atomic E-state index is -4.09. The number of benzene rings is 1. The monoisotopic (exact) mass is 300 g/mol. The van der Waals surface area contributed by atoms with Crippen molar-refractivity contribution >= 4 is 0 Å². The second kappa shape index (κ2) is 6.79. The van der Waals surface area contributed by atoms with Crippen molar-refractivity contribution < 1.29 is 13.2 Å². The Kier molecular flexibility index (Phi) is 5.27. The van der Waals surface area contributed by atoms with E-state index in [1.807, 2.05) is 26.0 Å². The molecule has 0 radical (unpaired) electrons. The van der Waals surface area contributed by atoms with Gasteiger partial charge in [-0.05, 0) is 31.4 Å². The van der Waals surface area contributed by atoms with E-state index in [0.29, 0.717) is 0 Å². The fourth-order valence-electron chi connectivity index (χ4n) is 3.03. The van der Waals surface area contributed by atoms with Crippen LogP contribution >= 0.6 is 0 Å².